The van der Waals surface area contributed by atoms with Crippen molar-refractivity contribution >= 4 is 23.4 Å². The number of methoxy groups -OCH3 is 3. The summed E-state index contributed by atoms with van der Waals surface area (Å²) in [5.74, 6) is 3.01. The molecule has 2 heterocycles. The first-order valence-electron chi connectivity index (χ1n) is 9.56. The molecule has 1 aromatic carbocycles. The zero-order valence-corrected chi connectivity index (χ0v) is 17.0. The minimum atomic E-state index is 0.254. The molecule has 0 aliphatic carbocycles. The van der Waals surface area contributed by atoms with E-state index in [0.29, 0.717) is 41.1 Å². The van der Waals surface area contributed by atoms with Crippen LogP contribution in [0.2, 0.25) is 0 Å². The van der Waals surface area contributed by atoms with Gasteiger partial charge in [-0.15, -0.1) is 0 Å². The molecule has 9 heteroatoms. The van der Waals surface area contributed by atoms with E-state index in [1.807, 2.05) is 4.90 Å². The SMILES string of the molecule is COc1cc(Nc2nccc(NCCCN3CCCC3=O)n2)cc(OC)c1OC. The fourth-order valence-electron chi connectivity index (χ4n) is 3.23. The molecule has 3 rings (SSSR count). The Labute approximate surface area is 170 Å². The monoisotopic (exact) mass is 401 g/mol. The van der Waals surface area contributed by atoms with Crippen LogP contribution in [0.5, 0.6) is 17.2 Å². The zero-order chi connectivity index (χ0) is 20.6. The predicted octanol–water partition coefficient (Wildman–Crippen LogP) is 2.67. The number of hydrogen-bond donors (Lipinski definition) is 2. The highest BCUT2D eigenvalue weighted by Crippen LogP contribution is 2.40. The van der Waals surface area contributed by atoms with Crippen molar-refractivity contribution in [3.05, 3.63) is 24.4 Å². The summed E-state index contributed by atoms with van der Waals surface area (Å²) in [6, 6.07) is 5.39. The van der Waals surface area contributed by atoms with Crippen LogP contribution in [0.4, 0.5) is 17.5 Å². The molecule has 0 radical (unpaired) electrons. The summed E-state index contributed by atoms with van der Waals surface area (Å²) in [4.78, 5) is 22.3. The molecule has 0 spiro atoms. The highest BCUT2D eigenvalue weighted by atomic mass is 16.5. The van der Waals surface area contributed by atoms with E-state index in [1.165, 1.54) is 0 Å². The molecule has 1 aliphatic rings. The standard InChI is InChI=1S/C20H27N5O4/c1-27-15-12-14(13-16(28-2)19(15)29-3)23-20-22-9-7-17(24-20)21-8-5-11-25-10-4-6-18(25)26/h7,9,12-13H,4-6,8,10-11H2,1-3H3,(H2,21,22,23,24). The summed E-state index contributed by atoms with van der Waals surface area (Å²) in [6.45, 7) is 2.37. The van der Waals surface area contributed by atoms with E-state index in [4.69, 9.17) is 14.2 Å². The Balaban J connectivity index is 1.60. The molecule has 1 aliphatic heterocycles. The van der Waals surface area contributed by atoms with Crippen molar-refractivity contribution in [2.24, 2.45) is 0 Å². The lowest BCUT2D eigenvalue weighted by molar-refractivity contribution is -0.127. The van der Waals surface area contributed by atoms with Gasteiger partial charge in [-0.1, -0.05) is 0 Å². The number of aromatic nitrogens is 2. The van der Waals surface area contributed by atoms with Crippen molar-refractivity contribution in [1.82, 2.24) is 14.9 Å². The van der Waals surface area contributed by atoms with E-state index < -0.39 is 0 Å². The lowest BCUT2D eigenvalue weighted by Crippen LogP contribution is -2.27. The molecular weight excluding hydrogens is 374 g/mol. The van der Waals surface area contributed by atoms with Crippen LogP contribution >= 0.6 is 0 Å². The molecule has 2 aromatic rings. The van der Waals surface area contributed by atoms with Gasteiger partial charge in [-0.2, -0.15) is 4.98 Å². The van der Waals surface area contributed by atoms with E-state index in [1.54, 1.807) is 45.7 Å². The van der Waals surface area contributed by atoms with Crippen molar-refractivity contribution in [3.8, 4) is 17.2 Å². The number of amides is 1. The van der Waals surface area contributed by atoms with Crippen LogP contribution in [-0.2, 0) is 4.79 Å². The topological polar surface area (TPSA) is 97.8 Å². The number of likely N-dealkylation sites (tertiary alicyclic amines) is 1. The lowest BCUT2D eigenvalue weighted by Gasteiger charge is -2.16. The first-order valence-corrected chi connectivity index (χ1v) is 9.56. The molecular formula is C20H27N5O4. The van der Waals surface area contributed by atoms with Crippen molar-refractivity contribution < 1.29 is 19.0 Å². The average molecular weight is 401 g/mol. The maximum atomic E-state index is 11.6. The molecule has 1 amide bonds. The number of rotatable bonds is 10. The van der Waals surface area contributed by atoms with E-state index >= 15 is 0 Å². The second-order valence-electron chi connectivity index (χ2n) is 6.57. The summed E-state index contributed by atoms with van der Waals surface area (Å²) in [6.07, 6.45) is 4.19. The first kappa shape index (κ1) is 20.5. The van der Waals surface area contributed by atoms with Crippen LogP contribution in [0.25, 0.3) is 0 Å². The summed E-state index contributed by atoms with van der Waals surface area (Å²) in [7, 11) is 4.70. The molecule has 0 atom stereocenters. The van der Waals surface area contributed by atoms with Crippen LogP contribution in [0.1, 0.15) is 19.3 Å². The summed E-state index contributed by atoms with van der Waals surface area (Å²) in [5.41, 5.74) is 0.712. The molecule has 0 bridgehead atoms. The molecule has 0 saturated carbocycles. The largest absolute Gasteiger partial charge is 0.493 e. The number of nitrogens with zero attached hydrogens (tertiary/aromatic N) is 3. The molecule has 156 valence electrons. The van der Waals surface area contributed by atoms with Gasteiger partial charge in [0.25, 0.3) is 0 Å². The van der Waals surface area contributed by atoms with E-state index in [2.05, 4.69) is 20.6 Å². The number of ether oxygens (including phenoxy) is 3. The Kier molecular flexibility index (Phi) is 6.94. The van der Waals surface area contributed by atoms with E-state index in [9.17, 15) is 4.79 Å². The fourth-order valence-corrected chi connectivity index (χ4v) is 3.23. The maximum Gasteiger partial charge on any atom is 0.229 e. The van der Waals surface area contributed by atoms with E-state index in [-0.39, 0.29) is 5.91 Å². The Morgan fingerprint density at radius 2 is 1.90 bits per heavy atom. The minimum absolute atomic E-state index is 0.254. The minimum Gasteiger partial charge on any atom is -0.493 e. The molecule has 2 N–H and O–H groups in total. The Bertz CT molecular complexity index is 820. The van der Waals surface area contributed by atoms with Crippen LogP contribution < -0.4 is 24.8 Å². The quantitative estimate of drug-likeness (QED) is 0.587. The third-order valence-corrected chi connectivity index (χ3v) is 4.66. The Hall–Kier alpha value is -3.23. The van der Waals surface area contributed by atoms with Gasteiger partial charge in [0.2, 0.25) is 17.6 Å². The van der Waals surface area contributed by atoms with Gasteiger partial charge < -0.3 is 29.7 Å². The van der Waals surface area contributed by atoms with Crippen LogP contribution in [0.15, 0.2) is 24.4 Å². The van der Waals surface area contributed by atoms with Gasteiger partial charge in [-0.25, -0.2) is 4.98 Å². The normalized spacial score (nSPS) is 13.3. The lowest BCUT2D eigenvalue weighted by atomic mass is 10.2. The molecule has 9 nitrogen and oxygen atoms in total. The highest BCUT2D eigenvalue weighted by molar-refractivity contribution is 5.78. The van der Waals surface area contributed by atoms with Crippen molar-refractivity contribution in [3.63, 3.8) is 0 Å². The number of hydrogen-bond acceptors (Lipinski definition) is 8. The van der Waals surface area contributed by atoms with Gasteiger partial charge in [-0.05, 0) is 18.9 Å². The number of nitrogens with one attached hydrogen (secondary N) is 2. The molecule has 1 aromatic heterocycles. The average Bonchev–Trinajstić information content (AvgIpc) is 3.15. The van der Waals surface area contributed by atoms with Gasteiger partial charge in [-0.3, -0.25) is 4.79 Å². The van der Waals surface area contributed by atoms with Crippen LogP contribution in [0, 0.1) is 0 Å². The van der Waals surface area contributed by atoms with Gasteiger partial charge in [0, 0.05) is 50.1 Å². The zero-order valence-electron chi connectivity index (χ0n) is 17.0. The smallest absolute Gasteiger partial charge is 0.229 e. The van der Waals surface area contributed by atoms with Gasteiger partial charge in [0.1, 0.15) is 5.82 Å². The summed E-state index contributed by atoms with van der Waals surface area (Å²) >= 11 is 0. The Morgan fingerprint density at radius 1 is 1.14 bits per heavy atom. The number of benzene rings is 1. The van der Waals surface area contributed by atoms with Crippen molar-refractivity contribution in [2.45, 2.75) is 19.3 Å². The highest BCUT2D eigenvalue weighted by Gasteiger charge is 2.19. The van der Waals surface area contributed by atoms with Crippen molar-refractivity contribution in [2.75, 3.05) is 51.6 Å². The van der Waals surface area contributed by atoms with E-state index in [0.717, 1.165) is 32.5 Å². The number of anilines is 3. The van der Waals surface area contributed by atoms with Crippen LogP contribution in [-0.4, -0.2) is 61.7 Å². The summed E-state index contributed by atoms with van der Waals surface area (Å²) in [5, 5.41) is 6.43. The van der Waals surface area contributed by atoms with Crippen LogP contribution in [0.3, 0.4) is 0 Å². The molecule has 0 unspecified atom stereocenters. The fraction of sp³-hybridized carbons (Fsp3) is 0.450. The van der Waals surface area contributed by atoms with Gasteiger partial charge in [0.15, 0.2) is 11.5 Å². The molecule has 1 fully saturated rings. The Morgan fingerprint density at radius 3 is 2.52 bits per heavy atom. The van der Waals surface area contributed by atoms with Crippen molar-refractivity contribution in [1.29, 1.82) is 0 Å². The third-order valence-electron chi connectivity index (χ3n) is 4.66. The maximum absolute atomic E-state index is 11.6. The predicted molar refractivity (Wildman–Crippen MR) is 110 cm³/mol. The third kappa shape index (κ3) is 5.18. The molecule has 29 heavy (non-hydrogen) atoms. The second kappa shape index (κ2) is 9.81. The van der Waals surface area contributed by atoms with Gasteiger partial charge in [0.05, 0.1) is 21.3 Å². The molecule has 1 saturated heterocycles. The number of carbonyl (C=O) groups is 1. The van der Waals surface area contributed by atoms with Gasteiger partial charge >= 0.3 is 0 Å². The second-order valence-corrected chi connectivity index (χ2v) is 6.57. The summed E-state index contributed by atoms with van der Waals surface area (Å²) < 4.78 is 16.1. The first-order chi connectivity index (χ1) is 14.1. The number of carbonyl (C=O) groups excluding carboxylic acids is 1.